The third kappa shape index (κ3) is 4.10. The number of nitrogens with one attached hydrogen (secondary N) is 1. The number of amides is 2. The molecule has 0 aromatic carbocycles. The fraction of sp³-hybridized carbons (Fsp3) is 0.688. The van der Waals surface area contributed by atoms with Crippen LogP contribution >= 0.6 is 0 Å². The molecule has 1 aliphatic heterocycles. The highest BCUT2D eigenvalue weighted by Crippen LogP contribution is 2.29. The Morgan fingerprint density at radius 1 is 1.39 bits per heavy atom. The van der Waals surface area contributed by atoms with Gasteiger partial charge in [-0.2, -0.15) is 4.98 Å². The van der Waals surface area contributed by atoms with E-state index in [9.17, 15) is 4.79 Å². The van der Waals surface area contributed by atoms with Crippen LogP contribution < -0.4 is 10.1 Å². The summed E-state index contributed by atoms with van der Waals surface area (Å²) in [5.41, 5.74) is 0. The van der Waals surface area contributed by atoms with Gasteiger partial charge in [-0.3, -0.25) is 5.32 Å². The van der Waals surface area contributed by atoms with Crippen molar-refractivity contribution in [2.45, 2.75) is 38.2 Å². The fourth-order valence-electron chi connectivity index (χ4n) is 3.35. The standard InChI is InChI=1S/C16H24N4O3/c1-22-15-17-8-7-14(18-15)19-16(21)20-9-10-23-13(11-20)12-5-3-2-4-6-12/h7-8,12-13H,2-6,9-11H2,1H3,(H,17,18,19,21). The average Bonchev–Trinajstić information content (AvgIpc) is 2.63. The maximum Gasteiger partial charge on any atom is 0.323 e. The first kappa shape index (κ1) is 16.0. The third-order valence-electron chi connectivity index (χ3n) is 4.61. The van der Waals surface area contributed by atoms with Crippen molar-refractivity contribution in [3.05, 3.63) is 12.3 Å². The van der Waals surface area contributed by atoms with Gasteiger partial charge in [0.25, 0.3) is 0 Å². The van der Waals surface area contributed by atoms with E-state index in [1.54, 1.807) is 12.3 Å². The van der Waals surface area contributed by atoms with Gasteiger partial charge in [-0.25, -0.2) is 9.78 Å². The van der Waals surface area contributed by atoms with Gasteiger partial charge in [-0.1, -0.05) is 19.3 Å². The van der Waals surface area contributed by atoms with Gasteiger partial charge in [0.15, 0.2) is 0 Å². The molecule has 3 rings (SSSR count). The number of carbonyl (C=O) groups excluding carboxylic acids is 1. The second-order valence-corrected chi connectivity index (χ2v) is 6.11. The highest BCUT2D eigenvalue weighted by atomic mass is 16.5. The minimum absolute atomic E-state index is 0.144. The van der Waals surface area contributed by atoms with Crippen LogP contribution in [0.4, 0.5) is 10.6 Å². The highest BCUT2D eigenvalue weighted by molar-refractivity contribution is 5.88. The van der Waals surface area contributed by atoms with E-state index in [1.165, 1.54) is 39.2 Å². The Hall–Kier alpha value is -1.89. The van der Waals surface area contributed by atoms with Crippen molar-refractivity contribution in [1.82, 2.24) is 14.9 Å². The molecule has 23 heavy (non-hydrogen) atoms. The molecule has 1 saturated heterocycles. The van der Waals surface area contributed by atoms with Gasteiger partial charge in [-0.05, 0) is 24.8 Å². The number of anilines is 1. The zero-order valence-electron chi connectivity index (χ0n) is 13.5. The van der Waals surface area contributed by atoms with E-state index in [1.807, 2.05) is 4.90 Å². The Labute approximate surface area is 136 Å². The van der Waals surface area contributed by atoms with Crippen LogP contribution in [-0.2, 0) is 4.74 Å². The first-order chi connectivity index (χ1) is 11.3. The minimum atomic E-state index is -0.144. The quantitative estimate of drug-likeness (QED) is 0.925. The predicted molar refractivity (Wildman–Crippen MR) is 85.5 cm³/mol. The molecule has 7 nitrogen and oxygen atoms in total. The summed E-state index contributed by atoms with van der Waals surface area (Å²) in [7, 11) is 1.50. The summed E-state index contributed by atoms with van der Waals surface area (Å²) in [6.07, 6.45) is 8.02. The number of morpholine rings is 1. The molecule has 1 aliphatic carbocycles. The number of nitrogens with zero attached hydrogens (tertiary/aromatic N) is 3. The lowest BCUT2D eigenvalue weighted by molar-refractivity contribution is -0.0511. The summed E-state index contributed by atoms with van der Waals surface area (Å²) in [6, 6.07) is 1.75. The number of carbonyl (C=O) groups is 1. The molecule has 1 N–H and O–H groups in total. The Morgan fingerprint density at radius 3 is 3.00 bits per heavy atom. The zero-order valence-corrected chi connectivity index (χ0v) is 13.5. The monoisotopic (exact) mass is 320 g/mol. The SMILES string of the molecule is COc1nccc(NC(=O)N2CCOC(C3CCCCC3)C2)n1. The van der Waals surface area contributed by atoms with E-state index < -0.39 is 0 Å². The van der Waals surface area contributed by atoms with Gasteiger partial charge < -0.3 is 14.4 Å². The summed E-state index contributed by atoms with van der Waals surface area (Å²) >= 11 is 0. The molecule has 0 spiro atoms. The van der Waals surface area contributed by atoms with Gasteiger partial charge in [0.05, 0.1) is 19.8 Å². The Kier molecular flexibility index (Phi) is 5.27. The topological polar surface area (TPSA) is 76.6 Å². The van der Waals surface area contributed by atoms with Crippen molar-refractivity contribution in [2.24, 2.45) is 5.92 Å². The van der Waals surface area contributed by atoms with E-state index in [4.69, 9.17) is 9.47 Å². The molecule has 2 aliphatic rings. The molecule has 0 bridgehead atoms. The van der Waals surface area contributed by atoms with Crippen LogP contribution in [0.1, 0.15) is 32.1 Å². The van der Waals surface area contributed by atoms with Crippen molar-refractivity contribution < 1.29 is 14.3 Å². The van der Waals surface area contributed by atoms with Crippen LogP contribution in [0.25, 0.3) is 0 Å². The summed E-state index contributed by atoms with van der Waals surface area (Å²) in [5, 5.41) is 2.81. The average molecular weight is 320 g/mol. The van der Waals surface area contributed by atoms with Crippen molar-refractivity contribution in [3.8, 4) is 6.01 Å². The molecule has 2 amide bonds. The molecule has 0 radical (unpaired) electrons. The summed E-state index contributed by atoms with van der Waals surface area (Å²) in [4.78, 5) is 22.3. The third-order valence-corrected chi connectivity index (χ3v) is 4.61. The molecule has 2 heterocycles. The lowest BCUT2D eigenvalue weighted by atomic mass is 9.84. The number of aromatic nitrogens is 2. The van der Waals surface area contributed by atoms with E-state index in [2.05, 4.69) is 15.3 Å². The van der Waals surface area contributed by atoms with E-state index >= 15 is 0 Å². The Balaban J connectivity index is 1.57. The fourth-order valence-corrected chi connectivity index (χ4v) is 3.35. The largest absolute Gasteiger partial charge is 0.467 e. The highest BCUT2D eigenvalue weighted by Gasteiger charge is 2.31. The molecule has 126 valence electrons. The lowest BCUT2D eigenvalue weighted by Crippen LogP contribution is -2.50. The normalized spacial score (nSPS) is 22.7. The second-order valence-electron chi connectivity index (χ2n) is 6.11. The Morgan fingerprint density at radius 2 is 2.22 bits per heavy atom. The summed E-state index contributed by atoms with van der Waals surface area (Å²) in [6.45, 7) is 1.86. The number of methoxy groups -OCH3 is 1. The molecular weight excluding hydrogens is 296 g/mol. The number of hydrogen-bond acceptors (Lipinski definition) is 5. The smallest absolute Gasteiger partial charge is 0.323 e. The van der Waals surface area contributed by atoms with Crippen LogP contribution in [0.2, 0.25) is 0 Å². The molecule has 1 unspecified atom stereocenters. The zero-order chi connectivity index (χ0) is 16.1. The van der Waals surface area contributed by atoms with Gasteiger partial charge >= 0.3 is 12.0 Å². The molecule has 2 fully saturated rings. The van der Waals surface area contributed by atoms with Crippen LogP contribution in [0, 0.1) is 5.92 Å². The van der Waals surface area contributed by atoms with Gasteiger partial charge in [0.2, 0.25) is 0 Å². The van der Waals surface area contributed by atoms with Gasteiger partial charge in [0.1, 0.15) is 5.82 Å². The predicted octanol–water partition coefficient (Wildman–Crippen LogP) is 2.30. The maximum absolute atomic E-state index is 12.5. The first-order valence-electron chi connectivity index (χ1n) is 8.31. The van der Waals surface area contributed by atoms with Crippen molar-refractivity contribution >= 4 is 11.8 Å². The Bertz CT molecular complexity index is 534. The summed E-state index contributed by atoms with van der Waals surface area (Å²) < 4.78 is 10.9. The number of rotatable bonds is 3. The maximum atomic E-state index is 12.5. The van der Waals surface area contributed by atoms with Crippen molar-refractivity contribution in [3.63, 3.8) is 0 Å². The van der Waals surface area contributed by atoms with E-state index in [-0.39, 0.29) is 18.1 Å². The first-order valence-corrected chi connectivity index (χ1v) is 8.31. The van der Waals surface area contributed by atoms with Crippen LogP contribution in [0.5, 0.6) is 6.01 Å². The molecule has 1 aromatic heterocycles. The molecular formula is C16H24N4O3. The van der Waals surface area contributed by atoms with E-state index in [0.29, 0.717) is 31.4 Å². The van der Waals surface area contributed by atoms with Crippen molar-refractivity contribution in [1.29, 1.82) is 0 Å². The van der Waals surface area contributed by atoms with E-state index in [0.717, 1.165) is 0 Å². The molecule has 1 saturated carbocycles. The van der Waals surface area contributed by atoms with Gasteiger partial charge in [0, 0.05) is 19.3 Å². The lowest BCUT2D eigenvalue weighted by Gasteiger charge is -2.38. The molecule has 1 atom stereocenters. The van der Waals surface area contributed by atoms with Gasteiger partial charge in [-0.15, -0.1) is 0 Å². The molecule has 1 aromatic rings. The van der Waals surface area contributed by atoms with Crippen LogP contribution in [0.3, 0.4) is 0 Å². The summed E-state index contributed by atoms with van der Waals surface area (Å²) in [5.74, 6) is 1.03. The number of urea groups is 1. The second kappa shape index (κ2) is 7.59. The number of hydrogen-bond donors (Lipinski definition) is 1. The molecule has 7 heteroatoms. The van der Waals surface area contributed by atoms with Crippen LogP contribution in [0.15, 0.2) is 12.3 Å². The van der Waals surface area contributed by atoms with Crippen molar-refractivity contribution in [2.75, 3.05) is 32.1 Å². The van der Waals surface area contributed by atoms with Crippen LogP contribution in [-0.4, -0.2) is 53.8 Å². The minimum Gasteiger partial charge on any atom is -0.467 e. The number of ether oxygens (including phenoxy) is 2.